The molecule has 88 valence electrons. The van der Waals surface area contributed by atoms with Crippen molar-refractivity contribution in [3.8, 4) is 0 Å². The van der Waals surface area contributed by atoms with Gasteiger partial charge in [-0.05, 0) is 42.9 Å². The number of rotatable bonds is 3. The fraction of sp³-hybridized carbons (Fsp3) is 0.545. The summed E-state index contributed by atoms with van der Waals surface area (Å²) in [4.78, 5) is 14.6. The molecular formula is C11H17N3OS. The number of carbonyl (C=O) groups is 1. The zero-order chi connectivity index (χ0) is 11.4. The minimum Gasteiger partial charge on any atom is -0.299 e. The minimum atomic E-state index is -0.179. The number of thiophene rings is 1. The molecule has 1 fully saturated rings. The number of nitrogens with zero attached hydrogens (tertiary/aromatic N) is 1. The van der Waals surface area contributed by atoms with Crippen molar-refractivity contribution in [2.24, 2.45) is 5.84 Å². The van der Waals surface area contributed by atoms with Gasteiger partial charge in [-0.2, -0.15) is 0 Å². The number of hydrogen-bond acceptors (Lipinski definition) is 4. The Hall–Kier alpha value is -0.910. The van der Waals surface area contributed by atoms with Crippen LogP contribution in [0.2, 0.25) is 0 Å². The Morgan fingerprint density at radius 2 is 2.19 bits per heavy atom. The highest BCUT2D eigenvalue weighted by molar-refractivity contribution is 7.12. The molecule has 16 heavy (non-hydrogen) atoms. The first-order valence-corrected chi connectivity index (χ1v) is 6.49. The first-order valence-electron chi connectivity index (χ1n) is 5.61. The molecule has 0 saturated carbocycles. The van der Waals surface area contributed by atoms with Gasteiger partial charge in [0.05, 0.1) is 4.88 Å². The summed E-state index contributed by atoms with van der Waals surface area (Å²) in [6.45, 7) is 3.14. The minimum absolute atomic E-state index is 0.179. The van der Waals surface area contributed by atoms with Crippen molar-refractivity contribution in [2.45, 2.75) is 25.8 Å². The van der Waals surface area contributed by atoms with Crippen LogP contribution >= 0.6 is 11.3 Å². The second kappa shape index (κ2) is 5.43. The van der Waals surface area contributed by atoms with Gasteiger partial charge in [0.2, 0.25) is 0 Å². The van der Waals surface area contributed by atoms with E-state index in [4.69, 9.17) is 5.84 Å². The molecule has 3 N–H and O–H groups in total. The SMILES string of the molecule is NNC(=O)c1sccc1CN1CCCCC1. The summed E-state index contributed by atoms with van der Waals surface area (Å²) < 4.78 is 0. The van der Waals surface area contributed by atoms with Crippen LogP contribution < -0.4 is 11.3 Å². The normalized spacial score (nSPS) is 17.3. The average Bonchev–Trinajstić information content (AvgIpc) is 2.77. The van der Waals surface area contributed by atoms with Crippen molar-refractivity contribution in [3.63, 3.8) is 0 Å². The summed E-state index contributed by atoms with van der Waals surface area (Å²) in [7, 11) is 0. The molecule has 0 aromatic carbocycles. The maximum atomic E-state index is 11.5. The molecule has 0 bridgehead atoms. The summed E-state index contributed by atoms with van der Waals surface area (Å²) in [5.74, 6) is 4.98. The average molecular weight is 239 g/mol. The van der Waals surface area contributed by atoms with Crippen LogP contribution in [-0.2, 0) is 6.54 Å². The Balaban J connectivity index is 2.03. The second-order valence-electron chi connectivity index (χ2n) is 4.09. The van der Waals surface area contributed by atoms with Crippen LogP contribution in [0.1, 0.15) is 34.5 Å². The van der Waals surface area contributed by atoms with Crippen LogP contribution in [-0.4, -0.2) is 23.9 Å². The lowest BCUT2D eigenvalue weighted by molar-refractivity contribution is 0.0955. The number of likely N-dealkylation sites (tertiary alicyclic amines) is 1. The standard InChI is InChI=1S/C11H17N3OS/c12-13-11(15)10-9(4-7-16-10)8-14-5-2-1-3-6-14/h4,7H,1-3,5-6,8,12H2,(H,13,15). The molecule has 0 atom stereocenters. The van der Waals surface area contributed by atoms with Crippen molar-refractivity contribution in [2.75, 3.05) is 13.1 Å². The number of carbonyl (C=O) groups excluding carboxylic acids is 1. The summed E-state index contributed by atoms with van der Waals surface area (Å²) in [5.41, 5.74) is 3.29. The van der Waals surface area contributed by atoms with Gasteiger partial charge in [0.1, 0.15) is 0 Å². The largest absolute Gasteiger partial charge is 0.299 e. The molecule has 1 aromatic rings. The number of nitrogen functional groups attached to an aromatic ring is 1. The van der Waals surface area contributed by atoms with Crippen LogP contribution in [0.5, 0.6) is 0 Å². The van der Waals surface area contributed by atoms with E-state index < -0.39 is 0 Å². The van der Waals surface area contributed by atoms with Crippen LogP contribution in [0.25, 0.3) is 0 Å². The molecule has 1 aliphatic rings. The van der Waals surface area contributed by atoms with Crippen LogP contribution in [0.4, 0.5) is 0 Å². The molecule has 0 radical (unpaired) electrons. The quantitative estimate of drug-likeness (QED) is 0.475. The lowest BCUT2D eigenvalue weighted by atomic mass is 10.1. The van der Waals surface area contributed by atoms with Crippen molar-refractivity contribution in [1.82, 2.24) is 10.3 Å². The first kappa shape index (κ1) is 11.6. The molecular weight excluding hydrogens is 222 g/mol. The Bertz CT molecular complexity index is 358. The topological polar surface area (TPSA) is 58.4 Å². The van der Waals surface area contributed by atoms with Gasteiger partial charge in [0, 0.05) is 6.54 Å². The van der Waals surface area contributed by atoms with Gasteiger partial charge >= 0.3 is 0 Å². The zero-order valence-electron chi connectivity index (χ0n) is 9.24. The molecule has 2 heterocycles. The summed E-state index contributed by atoms with van der Waals surface area (Å²) in [6.07, 6.45) is 3.86. The molecule has 0 unspecified atom stereocenters. The van der Waals surface area contributed by atoms with E-state index in [2.05, 4.69) is 10.3 Å². The lowest BCUT2D eigenvalue weighted by Gasteiger charge is -2.26. The van der Waals surface area contributed by atoms with Crippen LogP contribution in [0, 0.1) is 0 Å². The smallest absolute Gasteiger partial charge is 0.275 e. The molecule has 1 amide bonds. The molecule has 1 aliphatic heterocycles. The fourth-order valence-corrected chi connectivity index (χ4v) is 2.90. The highest BCUT2D eigenvalue weighted by atomic mass is 32.1. The third kappa shape index (κ3) is 2.61. The van der Waals surface area contributed by atoms with Crippen LogP contribution in [0.15, 0.2) is 11.4 Å². The van der Waals surface area contributed by atoms with E-state index in [9.17, 15) is 4.79 Å². The second-order valence-corrected chi connectivity index (χ2v) is 5.00. The van der Waals surface area contributed by atoms with E-state index in [-0.39, 0.29) is 5.91 Å². The van der Waals surface area contributed by atoms with Crippen molar-refractivity contribution >= 4 is 17.2 Å². The predicted octanol–water partition coefficient (Wildman–Crippen LogP) is 1.34. The van der Waals surface area contributed by atoms with Gasteiger partial charge in [-0.15, -0.1) is 11.3 Å². The van der Waals surface area contributed by atoms with E-state index >= 15 is 0 Å². The summed E-state index contributed by atoms with van der Waals surface area (Å²) in [6, 6.07) is 2.02. The number of nitrogens with one attached hydrogen (secondary N) is 1. The van der Waals surface area contributed by atoms with Crippen molar-refractivity contribution in [3.05, 3.63) is 21.9 Å². The van der Waals surface area contributed by atoms with Crippen LogP contribution in [0.3, 0.4) is 0 Å². The fourth-order valence-electron chi connectivity index (χ4n) is 2.08. The molecule has 2 rings (SSSR count). The zero-order valence-corrected chi connectivity index (χ0v) is 10.1. The highest BCUT2D eigenvalue weighted by Gasteiger charge is 2.16. The third-order valence-corrected chi connectivity index (χ3v) is 3.88. The molecule has 1 aromatic heterocycles. The van der Waals surface area contributed by atoms with Gasteiger partial charge in [-0.3, -0.25) is 15.1 Å². The number of amides is 1. The van der Waals surface area contributed by atoms with E-state index in [0.29, 0.717) is 0 Å². The van der Waals surface area contributed by atoms with Gasteiger partial charge in [0.25, 0.3) is 5.91 Å². The van der Waals surface area contributed by atoms with E-state index in [1.165, 1.54) is 30.6 Å². The highest BCUT2D eigenvalue weighted by Crippen LogP contribution is 2.20. The number of nitrogens with two attached hydrogens (primary N) is 1. The molecule has 0 aliphatic carbocycles. The van der Waals surface area contributed by atoms with E-state index in [0.717, 1.165) is 30.1 Å². The number of hydrogen-bond donors (Lipinski definition) is 2. The van der Waals surface area contributed by atoms with Gasteiger partial charge in [-0.25, -0.2) is 5.84 Å². The Morgan fingerprint density at radius 3 is 2.88 bits per heavy atom. The van der Waals surface area contributed by atoms with Gasteiger partial charge < -0.3 is 0 Å². The van der Waals surface area contributed by atoms with Gasteiger partial charge in [-0.1, -0.05) is 6.42 Å². The van der Waals surface area contributed by atoms with Crippen molar-refractivity contribution < 1.29 is 4.79 Å². The lowest BCUT2D eigenvalue weighted by Crippen LogP contribution is -2.32. The Kier molecular flexibility index (Phi) is 3.93. The number of piperidine rings is 1. The molecule has 1 saturated heterocycles. The molecule has 5 heteroatoms. The summed E-state index contributed by atoms with van der Waals surface area (Å²) in [5, 5.41) is 1.95. The first-order chi connectivity index (χ1) is 7.81. The molecule has 4 nitrogen and oxygen atoms in total. The van der Waals surface area contributed by atoms with Crippen molar-refractivity contribution in [1.29, 1.82) is 0 Å². The van der Waals surface area contributed by atoms with E-state index in [1.807, 2.05) is 11.4 Å². The Morgan fingerprint density at radius 1 is 1.44 bits per heavy atom. The molecule has 0 spiro atoms. The predicted molar refractivity (Wildman–Crippen MR) is 65.1 cm³/mol. The summed E-state index contributed by atoms with van der Waals surface area (Å²) >= 11 is 1.45. The third-order valence-electron chi connectivity index (χ3n) is 2.93. The maximum absolute atomic E-state index is 11.5. The monoisotopic (exact) mass is 239 g/mol. The number of hydrazine groups is 1. The Labute approximate surface area is 99.4 Å². The van der Waals surface area contributed by atoms with Gasteiger partial charge in [0.15, 0.2) is 0 Å². The van der Waals surface area contributed by atoms with E-state index in [1.54, 1.807) is 0 Å². The maximum Gasteiger partial charge on any atom is 0.275 e.